The summed E-state index contributed by atoms with van der Waals surface area (Å²) in [5.74, 6) is -1.77. The van der Waals surface area contributed by atoms with Crippen molar-refractivity contribution in [2.45, 2.75) is 4.90 Å². The fourth-order valence-corrected chi connectivity index (χ4v) is 1.49. The molecule has 0 bridgehead atoms. The molecular weight excluding hydrogens is 240 g/mol. The summed E-state index contributed by atoms with van der Waals surface area (Å²) < 4.78 is 36.3. The molecule has 0 heterocycles. The van der Waals surface area contributed by atoms with Crippen LogP contribution in [-0.2, 0) is 14.9 Å². The second kappa shape index (κ2) is 4.29. The molecule has 0 radical (unpaired) electrons. The van der Waals surface area contributed by atoms with Crippen molar-refractivity contribution in [3.63, 3.8) is 0 Å². The van der Waals surface area contributed by atoms with Gasteiger partial charge in [-0.25, -0.2) is 13.2 Å². The van der Waals surface area contributed by atoms with E-state index in [1.807, 2.05) is 0 Å². The lowest BCUT2D eigenvalue weighted by molar-refractivity contribution is -0.120. The molecule has 0 fully saturated rings. The van der Waals surface area contributed by atoms with Crippen LogP contribution in [0, 0.1) is 0 Å². The van der Waals surface area contributed by atoms with Crippen LogP contribution in [0.1, 0.15) is 10.4 Å². The van der Waals surface area contributed by atoms with Crippen LogP contribution >= 0.6 is 0 Å². The summed E-state index contributed by atoms with van der Waals surface area (Å²) in [6, 6.07) is 2.37. The monoisotopic (exact) mass is 245 g/mol. The van der Waals surface area contributed by atoms with Gasteiger partial charge in [0, 0.05) is 0 Å². The third-order valence-electron chi connectivity index (χ3n) is 1.60. The van der Waals surface area contributed by atoms with E-state index in [0.717, 1.165) is 12.1 Å². The van der Waals surface area contributed by atoms with Gasteiger partial charge in [0.1, 0.15) is 15.9 Å². The summed E-state index contributed by atoms with van der Waals surface area (Å²) in [7, 11) is -4.81. The Bertz CT molecular complexity index is 531. The number of hydrogen-bond donors (Lipinski definition) is 1. The summed E-state index contributed by atoms with van der Waals surface area (Å²) in [4.78, 5) is 19.8. The van der Waals surface area contributed by atoms with Gasteiger partial charge in [-0.05, 0) is 18.2 Å². The molecule has 7 nitrogen and oxygen atoms in total. The van der Waals surface area contributed by atoms with Crippen LogP contribution in [0.15, 0.2) is 23.1 Å². The van der Waals surface area contributed by atoms with Gasteiger partial charge in [-0.2, -0.15) is 0 Å². The number of carbonyl (C=O) groups excluding carboxylic acids is 1. The zero-order valence-corrected chi connectivity index (χ0v) is 8.43. The quantitative estimate of drug-likeness (QED) is 0.577. The van der Waals surface area contributed by atoms with E-state index in [9.17, 15) is 22.6 Å². The Hall–Kier alpha value is -1.93. The van der Waals surface area contributed by atoms with E-state index in [1.165, 1.54) is 0 Å². The standard InChI is InChI=1S/C8H6O7S/c9-4-15-6-1-5(8(10)11)2-7(3-6)16(12,13)14/h1-4H,(H,10,11)(H,12,13,14)/p-1. The van der Waals surface area contributed by atoms with E-state index in [-0.39, 0.29) is 12.2 Å². The average molecular weight is 245 g/mol. The molecule has 0 aliphatic heterocycles. The molecule has 0 atom stereocenters. The van der Waals surface area contributed by atoms with Crippen molar-refractivity contribution in [2.24, 2.45) is 0 Å². The van der Waals surface area contributed by atoms with Crippen molar-refractivity contribution in [1.29, 1.82) is 0 Å². The molecule has 0 spiro atoms. The highest BCUT2D eigenvalue weighted by atomic mass is 32.2. The van der Waals surface area contributed by atoms with Crippen molar-refractivity contribution >= 4 is 22.6 Å². The van der Waals surface area contributed by atoms with Crippen molar-refractivity contribution in [3.8, 4) is 5.75 Å². The summed E-state index contributed by atoms with van der Waals surface area (Å²) in [5.41, 5.74) is -0.464. The number of carbonyl (C=O) groups is 2. The first-order valence-electron chi connectivity index (χ1n) is 3.79. The van der Waals surface area contributed by atoms with E-state index in [4.69, 9.17) is 5.11 Å². The lowest BCUT2D eigenvalue weighted by Gasteiger charge is -2.09. The Morgan fingerprint density at radius 2 is 2.00 bits per heavy atom. The predicted molar refractivity (Wildman–Crippen MR) is 48.1 cm³/mol. The van der Waals surface area contributed by atoms with Gasteiger partial charge >= 0.3 is 5.97 Å². The molecule has 1 aromatic carbocycles. The maximum Gasteiger partial charge on any atom is 0.335 e. The summed E-state index contributed by atoms with van der Waals surface area (Å²) in [6.45, 7) is -0.0117. The lowest BCUT2D eigenvalue weighted by atomic mass is 10.2. The van der Waals surface area contributed by atoms with Crippen LogP contribution < -0.4 is 4.74 Å². The van der Waals surface area contributed by atoms with E-state index in [2.05, 4.69) is 4.74 Å². The summed E-state index contributed by atoms with van der Waals surface area (Å²) in [6.07, 6.45) is 0. The number of aromatic carboxylic acids is 1. The van der Waals surface area contributed by atoms with E-state index in [1.54, 1.807) is 0 Å². The molecule has 1 aromatic rings. The third-order valence-corrected chi connectivity index (χ3v) is 2.41. The van der Waals surface area contributed by atoms with Crippen LogP contribution in [-0.4, -0.2) is 30.5 Å². The normalized spacial score (nSPS) is 10.8. The number of hydrogen-bond acceptors (Lipinski definition) is 6. The first kappa shape index (κ1) is 12.1. The fourth-order valence-electron chi connectivity index (χ4n) is 0.963. The Balaban J connectivity index is 3.41. The highest BCUT2D eigenvalue weighted by Crippen LogP contribution is 2.20. The van der Waals surface area contributed by atoms with Gasteiger partial charge in [0.05, 0.1) is 10.5 Å². The van der Waals surface area contributed by atoms with Gasteiger partial charge < -0.3 is 14.4 Å². The summed E-state index contributed by atoms with van der Waals surface area (Å²) in [5, 5.41) is 8.63. The molecular formula is C8H5O7S-. The topological polar surface area (TPSA) is 121 Å². The third kappa shape index (κ3) is 2.78. The Morgan fingerprint density at radius 1 is 1.38 bits per heavy atom. The highest BCUT2D eigenvalue weighted by molar-refractivity contribution is 7.85. The van der Waals surface area contributed by atoms with Crippen molar-refractivity contribution in [2.75, 3.05) is 0 Å². The minimum Gasteiger partial charge on any atom is -0.744 e. The molecule has 8 heteroatoms. The molecule has 86 valence electrons. The number of carboxylic acids is 1. The molecule has 16 heavy (non-hydrogen) atoms. The Kier molecular flexibility index (Phi) is 3.25. The van der Waals surface area contributed by atoms with Crippen molar-refractivity contribution < 1.29 is 32.4 Å². The molecule has 0 unspecified atom stereocenters. The zero-order valence-electron chi connectivity index (χ0n) is 7.61. The zero-order chi connectivity index (χ0) is 12.3. The van der Waals surface area contributed by atoms with Gasteiger partial charge in [-0.3, -0.25) is 4.79 Å². The highest BCUT2D eigenvalue weighted by Gasteiger charge is 2.11. The van der Waals surface area contributed by atoms with Gasteiger partial charge in [-0.15, -0.1) is 0 Å². The lowest BCUT2D eigenvalue weighted by Crippen LogP contribution is -2.04. The average Bonchev–Trinajstić information content (AvgIpc) is 2.16. The minimum atomic E-state index is -4.81. The van der Waals surface area contributed by atoms with Crippen LogP contribution in [0.5, 0.6) is 5.75 Å². The number of rotatable bonds is 4. The number of carboxylic acid groups (broad SMARTS) is 1. The van der Waals surface area contributed by atoms with Gasteiger partial charge in [-0.1, -0.05) is 0 Å². The second-order valence-corrected chi connectivity index (χ2v) is 4.05. The van der Waals surface area contributed by atoms with Crippen molar-refractivity contribution in [1.82, 2.24) is 0 Å². The number of benzene rings is 1. The molecule has 1 N–H and O–H groups in total. The van der Waals surface area contributed by atoms with Crippen LogP contribution in [0.2, 0.25) is 0 Å². The largest absolute Gasteiger partial charge is 0.744 e. The summed E-state index contributed by atoms with van der Waals surface area (Å²) >= 11 is 0. The molecule has 0 saturated heterocycles. The number of ether oxygens (including phenoxy) is 1. The molecule has 0 aromatic heterocycles. The van der Waals surface area contributed by atoms with E-state index >= 15 is 0 Å². The van der Waals surface area contributed by atoms with Gasteiger partial charge in [0.15, 0.2) is 0 Å². The molecule has 0 amide bonds. The fraction of sp³-hybridized carbons (Fsp3) is 0. The smallest absolute Gasteiger partial charge is 0.335 e. The van der Waals surface area contributed by atoms with Gasteiger partial charge in [0.2, 0.25) is 0 Å². The second-order valence-electron chi connectivity index (χ2n) is 2.67. The van der Waals surface area contributed by atoms with E-state index in [0.29, 0.717) is 6.07 Å². The molecule has 0 saturated carbocycles. The van der Waals surface area contributed by atoms with Crippen LogP contribution in [0.4, 0.5) is 0 Å². The molecule has 1 rings (SSSR count). The predicted octanol–water partition coefficient (Wildman–Crippen LogP) is -0.176. The van der Waals surface area contributed by atoms with E-state index < -0.39 is 26.5 Å². The SMILES string of the molecule is O=COc1cc(C(=O)O)cc(S(=O)(=O)[O-])c1. The maximum absolute atomic E-state index is 10.7. The maximum atomic E-state index is 10.7. The van der Waals surface area contributed by atoms with Crippen LogP contribution in [0.25, 0.3) is 0 Å². The minimum absolute atomic E-state index is 0.0117. The Labute approximate surface area is 90.0 Å². The first-order chi connectivity index (χ1) is 7.34. The molecule has 0 aliphatic rings. The van der Waals surface area contributed by atoms with Crippen LogP contribution in [0.3, 0.4) is 0 Å². The van der Waals surface area contributed by atoms with Crippen molar-refractivity contribution in [3.05, 3.63) is 23.8 Å². The molecule has 0 aliphatic carbocycles. The first-order valence-corrected chi connectivity index (χ1v) is 5.20. The van der Waals surface area contributed by atoms with Gasteiger partial charge in [0.25, 0.3) is 6.47 Å². The Morgan fingerprint density at radius 3 is 2.44 bits per heavy atom.